The van der Waals surface area contributed by atoms with Gasteiger partial charge in [-0.1, -0.05) is 43.3 Å². The van der Waals surface area contributed by atoms with E-state index in [2.05, 4.69) is 0 Å². The summed E-state index contributed by atoms with van der Waals surface area (Å²) in [5.74, 6) is -2.90. The summed E-state index contributed by atoms with van der Waals surface area (Å²) >= 11 is 0. The Morgan fingerprint density at radius 2 is 1.24 bits per heavy atom. The second-order valence-electron chi connectivity index (χ2n) is 12.4. The summed E-state index contributed by atoms with van der Waals surface area (Å²) in [6.45, 7) is 10.2. The second-order valence-corrected chi connectivity index (χ2v) is 12.4. The average Bonchev–Trinajstić information content (AvgIpc) is 3.12. The van der Waals surface area contributed by atoms with Gasteiger partial charge in [-0.25, -0.2) is 9.59 Å². The summed E-state index contributed by atoms with van der Waals surface area (Å²) in [5, 5.41) is 0. The lowest BCUT2D eigenvalue weighted by atomic mass is 9.48. The van der Waals surface area contributed by atoms with Crippen molar-refractivity contribution in [3.05, 3.63) is 71.8 Å². The zero-order valence-electron chi connectivity index (χ0n) is 24.8. The van der Waals surface area contributed by atoms with Gasteiger partial charge in [-0.15, -0.1) is 0 Å². The van der Waals surface area contributed by atoms with Crippen LogP contribution in [0.2, 0.25) is 0 Å². The van der Waals surface area contributed by atoms with Crippen molar-refractivity contribution >= 4 is 23.9 Å². The topological polar surface area (TPSA) is 114 Å². The van der Waals surface area contributed by atoms with Crippen molar-refractivity contribution in [2.24, 2.45) is 17.3 Å². The van der Waals surface area contributed by atoms with E-state index in [-0.39, 0.29) is 24.7 Å². The highest BCUT2D eigenvalue weighted by atomic mass is 16.6. The van der Waals surface area contributed by atoms with Crippen LogP contribution in [-0.4, -0.2) is 59.5 Å². The number of ether oxygens (including phenoxy) is 5. The molecule has 9 heteroatoms. The minimum absolute atomic E-state index is 0.258. The number of hydrogen-bond donors (Lipinski definition) is 0. The monoisotopic (exact) mass is 578 g/mol. The van der Waals surface area contributed by atoms with Crippen LogP contribution in [0.5, 0.6) is 0 Å². The van der Waals surface area contributed by atoms with Crippen LogP contribution >= 0.6 is 0 Å². The van der Waals surface area contributed by atoms with Gasteiger partial charge in [0, 0.05) is 19.8 Å². The molecule has 2 aromatic rings. The van der Waals surface area contributed by atoms with Gasteiger partial charge in [0.25, 0.3) is 0 Å². The van der Waals surface area contributed by atoms with Crippen molar-refractivity contribution < 1.29 is 42.9 Å². The van der Waals surface area contributed by atoms with E-state index >= 15 is 0 Å². The molecule has 1 spiro atoms. The van der Waals surface area contributed by atoms with Crippen LogP contribution < -0.4 is 0 Å². The number of carbonyl (C=O) groups excluding carboxylic acids is 4. The number of fused-ring (bicyclic) bond motifs is 1. The molecular weight excluding hydrogens is 540 g/mol. The Hall–Kier alpha value is -3.72. The normalized spacial score (nSPS) is 34.4. The molecule has 1 aliphatic heterocycles. The molecule has 1 heterocycles. The molecule has 5 rings (SSSR count). The predicted molar refractivity (Wildman–Crippen MR) is 150 cm³/mol. The summed E-state index contributed by atoms with van der Waals surface area (Å²) in [5.41, 5.74) is -2.59. The number of benzene rings is 2. The highest BCUT2D eigenvalue weighted by Crippen LogP contribution is 2.68. The van der Waals surface area contributed by atoms with E-state index in [1.54, 1.807) is 54.6 Å². The molecule has 0 amide bonds. The maximum atomic E-state index is 13.5. The third kappa shape index (κ3) is 4.77. The quantitative estimate of drug-likeness (QED) is 0.348. The number of hydrogen-bond acceptors (Lipinski definition) is 9. The lowest BCUT2D eigenvalue weighted by Gasteiger charge is -2.62. The molecule has 2 aromatic carbocycles. The van der Waals surface area contributed by atoms with E-state index in [1.807, 2.05) is 33.8 Å². The molecule has 2 bridgehead atoms. The number of esters is 4. The molecule has 3 aliphatic rings. The van der Waals surface area contributed by atoms with Crippen LogP contribution in [0.4, 0.5) is 0 Å². The maximum absolute atomic E-state index is 13.5. The summed E-state index contributed by atoms with van der Waals surface area (Å²) in [6, 6.07) is 17.3. The van der Waals surface area contributed by atoms with E-state index in [4.69, 9.17) is 23.7 Å². The van der Waals surface area contributed by atoms with Gasteiger partial charge in [-0.3, -0.25) is 9.59 Å². The third-order valence-corrected chi connectivity index (χ3v) is 9.45. The molecule has 2 saturated carbocycles. The van der Waals surface area contributed by atoms with Gasteiger partial charge >= 0.3 is 23.9 Å². The Labute approximate surface area is 245 Å². The summed E-state index contributed by atoms with van der Waals surface area (Å²) in [6.07, 6.45) is -2.99. The van der Waals surface area contributed by atoms with Crippen molar-refractivity contribution in [2.45, 2.75) is 90.0 Å². The molecule has 2 aliphatic carbocycles. The number of carbonyl (C=O) groups is 4. The zero-order chi connectivity index (χ0) is 30.4. The summed E-state index contributed by atoms with van der Waals surface area (Å²) < 4.78 is 31.4. The molecule has 0 N–H and O–H groups in total. The molecular formula is C33H38O9. The fraction of sp³-hybridized carbons (Fsp3) is 0.515. The fourth-order valence-electron chi connectivity index (χ4n) is 7.70. The van der Waals surface area contributed by atoms with E-state index in [1.165, 1.54) is 13.8 Å². The standard InChI is InChI=1S/C33H38O9/c1-19-17-25(38-20(2)34)28(39-21(3)35)32(6)26(40-29(36)22-13-9-7-10-14-22)18-24-27(33(19,32)42-31(24,4)5)41-30(37)23-15-11-8-12-16-23/h7-16,19,24-28H,17-18H2,1-6H3/t19-,24-,25+,26+,27-,28+,32-,33-/m1/s1. The van der Waals surface area contributed by atoms with Crippen LogP contribution in [0.15, 0.2) is 60.7 Å². The van der Waals surface area contributed by atoms with Crippen LogP contribution in [0, 0.1) is 17.3 Å². The van der Waals surface area contributed by atoms with Crippen LogP contribution in [0.25, 0.3) is 0 Å². The highest BCUT2D eigenvalue weighted by Gasteiger charge is 2.80. The second kappa shape index (κ2) is 10.8. The van der Waals surface area contributed by atoms with Crippen LogP contribution in [0.3, 0.4) is 0 Å². The van der Waals surface area contributed by atoms with Gasteiger partial charge < -0.3 is 23.7 Å². The van der Waals surface area contributed by atoms with Crippen molar-refractivity contribution in [3.63, 3.8) is 0 Å². The molecule has 9 nitrogen and oxygen atoms in total. The Kier molecular flexibility index (Phi) is 7.68. The van der Waals surface area contributed by atoms with Crippen LogP contribution in [0.1, 0.15) is 75.1 Å². The highest BCUT2D eigenvalue weighted by molar-refractivity contribution is 5.90. The summed E-state index contributed by atoms with van der Waals surface area (Å²) in [7, 11) is 0. The van der Waals surface area contributed by atoms with Crippen molar-refractivity contribution in [3.8, 4) is 0 Å². The zero-order valence-corrected chi connectivity index (χ0v) is 24.8. The van der Waals surface area contributed by atoms with E-state index < -0.39 is 64.9 Å². The minimum atomic E-state index is -1.28. The Morgan fingerprint density at radius 3 is 1.76 bits per heavy atom. The lowest BCUT2D eigenvalue weighted by molar-refractivity contribution is -0.302. The molecule has 0 radical (unpaired) electrons. The van der Waals surface area contributed by atoms with Gasteiger partial charge in [-0.2, -0.15) is 0 Å². The Morgan fingerprint density at radius 1 is 0.714 bits per heavy atom. The molecule has 224 valence electrons. The van der Waals surface area contributed by atoms with Gasteiger partial charge in [-0.05, 0) is 63.8 Å². The van der Waals surface area contributed by atoms with Gasteiger partial charge in [0.05, 0.1) is 22.1 Å². The minimum Gasteiger partial charge on any atom is -0.459 e. The third-order valence-electron chi connectivity index (χ3n) is 9.45. The number of rotatable bonds is 6. The fourth-order valence-corrected chi connectivity index (χ4v) is 7.70. The van der Waals surface area contributed by atoms with Gasteiger partial charge in [0.1, 0.15) is 23.9 Å². The molecule has 8 atom stereocenters. The SMILES string of the molecule is CC(=O)O[C@H]1C[C@@H](C)[C@]23OC(C)(C)[C@H](C[C@H](OC(=O)c4ccccc4)[C@]2(C)[C@H]1OC(C)=O)[C@H]3OC(=O)c1ccccc1. The molecule has 3 fully saturated rings. The molecule has 0 aromatic heterocycles. The summed E-state index contributed by atoms with van der Waals surface area (Å²) in [4.78, 5) is 51.8. The first-order chi connectivity index (χ1) is 19.8. The van der Waals surface area contributed by atoms with E-state index in [0.29, 0.717) is 11.1 Å². The first-order valence-corrected chi connectivity index (χ1v) is 14.4. The first-order valence-electron chi connectivity index (χ1n) is 14.4. The lowest BCUT2D eigenvalue weighted by Crippen LogP contribution is -2.76. The average molecular weight is 579 g/mol. The van der Waals surface area contributed by atoms with E-state index in [9.17, 15) is 19.2 Å². The largest absolute Gasteiger partial charge is 0.459 e. The van der Waals surface area contributed by atoms with Gasteiger partial charge in [0.2, 0.25) is 0 Å². The predicted octanol–water partition coefficient (Wildman–Crippen LogP) is 4.91. The van der Waals surface area contributed by atoms with Crippen LogP contribution in [-0.2, 0) is 33.3 Å². The Balaban J connectivity index is 1.66. The van der Waals surface area contributed by atoms with Crippen molar-refractivity contribution in [2.75, 3.05) is 0 Å². The van der Waals surface area contributed by atoms with Crippen molar-refractivity contribution in [1.82, 2.24) is 0 Å². The van der Waals surface area contributed by atoms with Gasteiger partial charge in [0.15, 0.2) is 6.10 Å². The maximum Gasteiger partial charge on any atom is 0.338 e. The molecule has 42 heavy (non-hydrogen) atoms. The Bertz CT molecular complexity index is 1360. The van der Waals surface area contributed by atoms with Crippen molar-refractivity contribution in [1.29, 1.82) is 0 Å². The molecule has 0 unspecified atom stereocenters. The first kappa shape index (κ1) is 29.8. The molecule has 1 saturated heterocycles. The van der Waals surface area contributed by atoms with E-state index in [0.717, 1.165) is 0 Å². The smallest absolute Gasteiger partial charge is 0.338 e.